The molecule has 23 heavy (non-hydrogen) atoms. The van der Waals surface area contributed by atoms with Crippen molar-refractivity contribution in [1.82, 2.24) is 0 Å². The van der Waals surface area contributed by atoms with Crippen LogP contribution in [0.1, 0.15) is 32.8 Å². The molecule has 1 fully saturated rings. The number of hydrogen-bond acceptors (Lipinski definition) is 4. The largest absolute Gasteiger partial charge is 0.463 e. The van der Waals surface area contributed by atoms with Gasteiger partial charge in [-0.3, -0.25) is 9.59 Å². The molecule has 1 heterocycles. The molecule has 5 heteroatoms. The first kappa shape index (κ1) is 17.5. The van der Waals surface area contributed by atoms with Gasteiger partial charge in [-0.05, 0) is 23.1 Å². The van der Waals surface area contributed by atoms with Crippen molar-refractivity contribution in [3.8, 4) is 0 Å². The molecule has 1 unspecified atom stereocenters. The lowest BCUT2D eigenvalue weighted by atomic mass is 9.87. The van der Waals surface area contributed by atoms with Crippen LogP contribution in [0.5, 0.6) is 0 Å². The number of anilines is 1. The van der Waals surface area contributed by atoms with Crippen molar-refractivity contribution >= 4 is 17.6 Å². The summed E-state index contributed by atoms with van der Waals surface area (Å²) in [6, 6.07) is 7.95. The van der Waals surface area contributed by atoms with E-state index in [0.29, 0.717) is 13.2 Å². The molecule has 5 nitrogen and oxygen atoms in total. The van der Waals surface area contributed by atoms with Gasteiger partial charge in [-0.2, -0.15) is 0 Å². The lowest BCUT2D eigenvalue weighted by molar-refractivity contribution is -0.149. The molecule has 0 radical (unpaired) electrons. The van der Waals surface area contributed by atoms with Gasteiger partial charge in [0, 0.05) is 25.8 Å². The summed E-state index contributed by atoms with van der Waals surface area (Å²) in [7, 11) is 1.55. The van der Waals surface area contributed by atoms with Crippen molar-refractivity contribution < 1.29 is 19.1 Å². The summed E-state index contributed by atoms with van der Waals surface area (Å²) >= 11 is 0. The summed E-state index contributed by atoms with van der Waals surface area (Å²) in [6.45, 7) is 7.41. The second-order valence-corrected chi connectivity index (χ2v) is 6.86. The summed E-state index contributed by atoms with van der Waals surface area (Å²) in [5, 5.41) is 0. The monoisotopic (exact) mass is 319 g/mol. The van der Waals surface area contributed by atoms with Crippen LogP contribution in [0.4, 0.5) is 5.69 Å². The van der Waals surface area contributed by atoms with E-state index in [4.69, 9.17) is 9.47 Å². The van der Waals surface area contributed by atoms with Crippen molar-refractivity contribution in [2.45, 2.75) is 32.6 Å². The van der Waals surface area contributed by atoms with E-state index in [-0.39, 0.29) is 30.3 Å². The fourth-order valence-corrected chi connectivity index (χ4v) is 2.60. The number of carbonyl (C=O) groups excluding carboxylic acids is 2. The van der Waals surface area contributed by atoms with E-state index in [1.165, 1.54) is 5.56 Å². The van der Waals surface area contributed by atoms with E-state index in [9.17, 15) is 9.59 Å². The molecule has 126 valence electrons. The van der Waals surface area contributed by atoms with Gasteiger partial charge in [0.25, 0.3) is 0 Å². The first-order chi connectivity index (χ1) is 10.8. The van der Waals surface area contributed by atoms with Gasteiger partial charge in [-0.15, -0.1) is 0 Å². The van der Waals surface area contributed by atoms with Crippen molar-refractivity contribution in [2.24, 2.45) is 5.92 Å². The number of amides is 1. The van der Waals surface area contributed by atoms with Gasteiger partial charge in [-0.25, -0.2) is 0 Å². The Hall–Kier alpha value is -1.88. The third-order valence-corrected chi connectivity index (χ3v) is 4.04. The van der Waals surface area contributed by atoms with E-state index < -0.39 is 5.92 Å². The van der Waals surface area contributed by atoms with Crippen LogP contribution in [0.3, 0.4) is 0 Å². The molecule has 0 bridgehead atoms. The molecule has 1 aromatic rings. The highest BCUT2D eigenvalue weighted by atomic mass is 16.6. The summed E-state index contributed by atoms with van der Waals surface area (Å²) in [6.07, 6.45) is 0.201. The van der Waals surface area contributed by atoms with Gasteiger partial charge in [0.1, 0.15) is 6.61 Å². The molecule has 2 rings (SSSR count). The molecule has 1 saturated heterocycles. The molecule has 0 N–H and O–H groups in total. The molecular weight excluding hydrogens is 294 g/mol. The standard InChI is InChI=1S/C18H25NO4/c1-18(2,3)14-5-7-15(8-6-14)19-12-13(11-16(19)20)17(21)23-10-9-22-4/h5-8,13H,9-12H2,1-4H3. The van der Waals surface area contributed by atoms with Crippen LogP contribution in [0.2, 0.25) is 0 Å². The van der Waals surface area contributed by atoms with Crippen LogP contribution in [-0.4, -0.2) is 38.7 Å². The lowest BCUT2D eigenvalue weighted by Crippen LogP contribution is -2.27. The van der Waals surface area contributed by atoms with Gasteiger partial charge in [-0.1, -0.05) is 32.9 Å². The predicted molar refractivity (Wildman–Crippen MR) is 88.4 cm³/mol. The fraction of sp³-hybridized carbons (Fsp3) is 0.556. The molecule has 1 aliphatic rings. The molecule has 0 aromatic heterocycles. The van der Waals surface area contributed by atoms with Crippen LogP contribution < -0.4 is 4.90 Å². The highest BCUT2D eigenvalue weighted by molar-refractivity contribution is 5.99. The summed E-state index contributed by atoms with van der Waals surface area (Å²) in [5.74, 6) is -0.770. The number of nitrogens with zero attached hydrogens (tertiary/aromatic N) is 1. The Morgan fingerprint density at radius 3 is 2.43 bits per heavy atom. The number of carbonyl (C=O) groups is 2. The maximum atomic E-state index is 12.2. The van der Waals surface area contributed by atoms with Gasteiger partial charge >= 0.3 is 5.97 Å². The molecule has 0 spiro atoms. The van der Waals surface area contributed by atoms with Crippen molar-refractivity contribution in [2.75, 3.05) is 31.8 Å². The molecule has 1 amide bonds. The number of benzene rings is 1. The maximum Gasteiger partial charge on any atom is 0.311 e. The van der Waals surface area contributed by atoms with Crippen LogP contribution in [0.15, 0.2) is 24.3 Å². The molecule has 1 atom stereocenters. The van der Waals surface area contributed by atoms with Gasteiger partial charge in [0.05, 0.1) is 12.5 Å². The number of hydrogen-bond donors (Lipinski definition) is 0. The summed E-state index contributed by atoms with van der Waals surface area (Å²) in [4.78, 5) is 25.8. The van der Waals surface area contributed by atoms with Crippen LogP contribution >= 0.6 is 0 Å². The Labute approximate surface area is 137 Å². The Morgan fingerprint density at radius 1 is 1.22 bits per heavy atom. The average molecular weight is 319 g/mol. The first-order valence-corrected chi connectivity index (χ1v) is 7.89. The predicted octanol–water partition coefficient (Wildman–Crippen LogP) is 2.53. The fourth-order valence-electron chi connectivity index (χ4n) is 2.60. The molecule has 1 aromatic carbocycles. The minimum atomic E-state index is -0.401. The third kappa shape index (κ3) is 4.32. The second-order valence-electron chi connectivity index (χ2n) is 6.86. The quantitative estimate of drug-likeness (QED) is 0.618. The number of ether oxygens (including phenoxy) is 2. The highest BCUT2D eigenvalue weighted by Gasteiger charge is 2.36. The number of methoxy groups -OCH3 is 1. The summed E-state index contributed by atoms with van der Waals surface area (Å²) in [5.41, 5.74) is 2.11. The molecular formula is C18H25NO4. The lowest BCUT2D eigenvalue weighted by Gasteiger charge is -2.21. The van der Waals surface area contributed by atoms with E-state index in [1.54, 1.807) is 12.0 Å². The SMILES string of the molecule is COCCOC(=O)C1CC(=O)N(c2ccc(C(C)(C)C)cc2)C1. The highest BCUT2D eigenvalue weighted by Crippen LogP contribution is 2.29. The van der Waals surface area contributed by atoms with Crippen LogP contribution in [0, 0.1) is 5.92 Å². The minimum Gasteiger partial charge on any atom is -0.463 e. The van der Waals surface area contributed by atoms with Crippen LogP contribution in [-0.2, 0) is 24.5 Å². The number of esters is 1. The summed E-state index contributed by atoms with van der Waals surface area (Å²) < 4.78 is 9.97. The number of rotatable bonds is 5. The van der Waals surface area contributed by atoms with Crippen LogP contribution in [0.25, 0.3) is 0 Å². The zero-order chi connectivity index (χ0) is 17.0. The Kier molecular flexibility index (Phi) is 5.42. The van der Waals surface area contributed by atoms with E-state index >= 15 is 0 Å². The second kappa shape index (κ2) is 7.13. The molecule has 1 aliphatic heterocycles. The van der Waals surface area contributed by atoms with Gasteiger partial charge < -0.3 is 14.4 Å². The van der Waals surface area contributed by atoms with Crippen molar-refractivity contribution in [1.29, 1.82) is 0 Å². The van der Waals surface area contributed by atoms with Gasteiger partial charge in [0.2, 0.25) is 5.91 Å². The average Bonchev–Trinajstić information content (AvgIpc) is 2.89. The Morgan fingerprint density at radius 2 is 1.87 bits per heavy atom. The Bertz CT molecular complexity index is 559. The van der Waals surface area contributed by atoms with E-state index in [2.05, 4.69) is 20.8 Å². The smallest absolute Gasteiger partial charge is 0.311 e. The maximum absolute atomic E-state index is 12.2. The Balaban J connectivity index is 2.01. The topological polar surface area (TPSA) is 55.8 Å². The van der Waals surface area contributed by atoms with Crippen molar-refractivity contribution in [3.05, 3.63) is 29.8 Å². The van der Waals surface area contributed by atoms with E-state index in [0.717, 1.165) is 5.69 Å². The van der Waals surface area contributed by atoms with E-state index in [1.807, 2.05) is 24.3 Å². The molecule has 0 aliphatic carbocycles. The zero-order valence-corrected chi connectivity index (χ0v) is 14.3. The molecule has 0 saturated carbocycles. The van der Waals surface area contributed by atoms with Crippen molar-refractivity contribution in [3.63, 3.8) is 0 Å². The minimum absolute atomic E-state index is 0.0396. The van der Waals surface area contributed by atoms with Gasteiger partial charge in [0.15, 0.2) is 0 Å². The normalized spacial score (nSPS) is 18.3. The zero-order valence-electron chi connectivity index (χ0n) is 14.3. The first-order valence-electron chi connectivity index (χ1n) is 7.89. The third-order valence-electron chi connectivity index (χ3n) is 4.04.